The fourth-order valence-corrected chi connectivity index (χ4v) is 2.17. The fourth-order valence-electron chi connectivity index (χ4n) is 2.17. The maximum Gasteiger partial charge on any atom is 0.317 e. The molecule has 2 amide bonds. The van der Waals surface area contributed by atoms with Crippen LogP contribution in [0.15, 0.2) is 0 Å². The monoisotopic (exact) mass is 241 g/mol. The molecular weight excluding hydrogens is 218 g/mol. The number of hydrogen-bond donors (Lipinski definition) is 3. The van der Waals surface area contributed by atoms with E-state index in [0.717, 1.165) is 19.5 Å². The van der Waals surface area contributed by atoms with Crippen molar-refractivity contribution in [2.45, 2.75) is 26.3 Å². The zero-order valence-electron chi connectivity index (χ0n) is 10.7. The highest BCUT2D eigenvalue weighted by atomic mass is 16.2. The molecule has 4 N–H and O–H groups in total. The highest BCUT2D eigenvalue weighted by Crippen LogP contribution is 2.09. The van der Waals surface area contributed by atoms with Gasteiger partial charge in [-0.25, -0.2) is 4.79 Å². The van der Waals surface area contributed by atoms with Crippen LogP contribution in [0.3, 0.4) is 0 Å². The quantitative estimate of drug-likeness (QED) is 0.480. The Labute approximate surface area is 103 Å². The van der Waals surface area contributed by atoms with Crippen LogP contribution in [-0.4, -0.2) is 60.4 Å². The van der Waals surface area contributed by atoms with Crippen LogP contribution in [-0.2, 0) is 0 Å². The van der Waals surface area contributed by atoms with Gasteiger partial charge in [-0.05, 0) is 13.3 Å². The van der Waals surface area contributed by atoms with Crippen molar-refractivity contribution in [2.24, 2.45) is 5.73 Å². The number of hydrogen-bond acceptors (Lipinski definition) is 3. The van der Waals surface area contributed by atoms with Crippen molar-refractivity contribution in [3.8, 4) is 0 Å². The maximum absolute atomic E-state index is 11.6. The van der Waals surface area contributed by atoms with Crippen LogP contribution < -0.4 is 11.1 Å². The van der Waals surface area contributed by atoms with Crippen molar-refractivity contribution in [3.63, 3.8) is 0 Å². The molecule has 0 spiro atoms. The molecule has 0 saturated carbocycles. The smallest absolute Gasteiger partial charge is 0.317 e. The highest BCUT2D eigenvalue weighted by molar-refractivity contribution is 5.82. The van der Waals surface area contributed by atoms with E-state index in [1.54, 1.807) is 0 Å². The Bertz CT molecular complexity index is 273. The van der Waals surface area contributed by atoms with E-state index in [-0.39, 0.29) is 17.9 Å². The molecule has 0 radical (unpaired) electrons. The van der Waals surface area contributed by atoms with E-state index in [1.807, 2.05) is 18.7 Å². The summed E-state index contributed by atoms with van der Waals surface area (Å²) >= 11 is 0. The molecule has 6 nitrogen and oxygen atoms in total. The Morgan fingerprint density at radius 3 is 2.35 bits per heavy atom. The van der Waals surface area contributed by atoms with Gasteiger partial charge in [-0.15, -0.1) is 0 Å². The molecule has 1 rings (SSSR count). The number of nitrogens with zero attached hydrogens (tertiary/aromatic N) is 2. The molecule has 0 aromatic carbocycles. The molecule has 1 aliphatic rings. The van der Waals surface area contributed by atoms with Gasteiger partial charge in [0.1, 0.15) is 5.84 Å². The van der Waals surface area contributed by atoms with E-state index in [2.05, 4.69) is 10.2 Å². The Morgan fingerprint density at radius 1 is 1.35 bits per heavy atom. The van der Waals surface area contributed by atoms with E-state index in [0.29, 0.717) is 19.6 Å². The third-order valence-electron chi connectivity index (χ3n) is 3.12. The van der Waals surface area contributed by atoms with Crippen molar-refractivity contribution >= 4 is 11.9 Å². The fraction of sp³-hybridized carbons (Fsp3) is 0.818. The van der Waals surface area contributed by atoms with Gasteiger partial charge in [-0.1, -0.05) is 6.92 Å². The molecule has 98 valence electrons. The van der Waals surface area contributed by atoms with E-state index >= 15 is 0 Å². The summed E-state index contributed by atoms with van der Waals surface area (Å²) in [4.78, 5) is 15.6. The molecule has 0 aromatic heterocycles. The van der Waals surface area contributed by atoms with Crippen LogP contribution in [0.4, 0.5) is 4.79 Å². The zero-order chi connectivity index (χ0) is 12.8. The molecule has 1 saturated heterocycles. The predicted octanol–water partition coefficient (Wildman–Crippen LogP) is 0.0481. The summed E-state index contributed by atoms with van der Waals surface area (Å²) in [6, 6.07) is 0.0226. The molecule has 1 aliphatic heterocycles. The normalized spacial score (nSPS) is 18.8. The number of amidine groups is 1. The summed E-state index contributed by atoms with van der Waals surface area (Å²) in [5.74, 6) is 0.221. The first-order valence-electron chi connectivity index (χ1n) is 6.20. The van der Waals surface area contributed by atoms with E-state index in [4.69, 9.17) is 11.1 Å². The Kier molecular flexibility index (Phi) is 5.21. The van der Waals surface area contributed by atoms with Gasteiger partial charge >= 0.3 is 6.03 Å². The standard InChI is InChI=1S/C11H23N5O/c1-3-9(10(12)13)15-5-7-16(8-6-15)11(17)14-4-2/h9H,3-8H2,1-2H3,(H3,12,13)(H,14,17). The lowest BCUT2D eigenvalue weighted by Gasteiger charge is -2.38. The molecule has 0 aromatic rings. The molecule has 1 fully saturated rings. The lowest BCUT2D eigenvalue weighted by molar-refractivity contribution is 0.126. The van der Waals surface area contributed by atoms with Gasteiger partial charge < -0.3 is 16.0 Å². The molecule has 17 heavy (non-hydrogen) atoms. The van der Waals surface area contributed by atoms with Gasteiger partial charge in [0.25, 0.3) is 0 Å². The minimum atomic E-state index is 0.00280. The van der Waals surface area contributed by atoms with Crippen LogP contribution in [0.25, 0.3) is 0 Å². The Morgan fingerprint density at radius 2 is 1.94 bits per heavy atom. The molecular formula is C11H23N5O. The molecule has 0 bridgehead atoms. The highest BCUT2D eigenvalue weighted by Gasteiger charge is 2.26. The van der Waals surface area contributed by atoms with Crippen molar-refractivity contribution in [1.29, 1.82) is 5.41 Å². The number of nitrogens with one attached hydrogen (secondary N) is 2. The molecule has 6 heteroatoms. The van der Waals surface area contributed by atoms with Crippen molar-refractivity contribution in [1.82, 2.24) is 15.1 Å². The summed E-state index contributed by atoms with van der Waals surface area (Å²) in [7, 11) is 0. The van der Waals surface area contributed by atoms with Gasteiger partial charge in [0.15, 0.2) is 0 Å². The van der Waals surface area contributed by atoms with E-state index in [9.17, 15) is 4.79 Å². The summed E-state index contributed by atoms with van der Waals surface area (Å²) in [5.41, 5.74) is 5.57. The topological polar surface area (TPSA) is 85.5 Å². The molecule has 1 atom stereocenters. The first kappa shape index (κ1) is 13.8. The molecule has 0 aliphatic carbocycles. The number of urea groups is 1. The number of rotatable bonds is 4. The average molecular weight is 241 g/mol. The predicted molar refractivity (Wildman–Crippen MR) is 68.2 cm³/mol. The lowest BCUT2D eigenvalue weighted by atomic mass is 10.1. The van der Waals surface area contributed by atoms with Crippen molar-refractivity contribution in [3.05, 3.63) is 0 Å². The number of amides is 2. The Hall–Kier alpha value is -1.30. The van der Waals surface area contributed by atoms with Crippen LogP contribution >= 0.6 is 0 Å². The second-order valence-corrected chi connectivity index (χ2v) is 4.24. The van der Waals surface area contributed by atoms with Crippen molar-refractivity contribution < 1.29 is 4.79 Å². The van der Waals surface area contributed by atoms with Crippen LogP contribution in [0.2, 0.25) is 0 Å². The summed E-state index contributed by atoms with van der Waals surface area (Å²) in [5, 5.41) is 10.3. The van der Waals surface area contributed by atoms with Gasteiger partial charge in [0.05, 0.1) is 6.04 Å². The number of piperazine rings is 1. The second-order valence-electron chi connectivity index (χ2n) is 4.24. The number of carbonyl (C=O) groups is 1. The largest absolute Gasteiger partial charge is 0.386 e. The maximum atomic E-state index is 11.6. The summed E-state index contributed by atoms with van der Waals surface area (Å²) in [6.45, 7) is 7.58. The van der Waals surface area contributed by atoms with Gasteiger partial charge in [-0.3, -0.25) is 10.3 Å². The summed E-state index contributed by atoms with van der Waals surface area (Å²) < 4.78 is 0. The van der Waals surface area contributed by atoms with Crippen molar-refractivity contribution in [2.75, 3.05) is 32.7 Å². The van der Waals surface area contributed by atoms with Gasteiger partial charge in [0.2, 0.25) is 0 Å². The Balaban J connectivity index is 2.44. The first-order chi connectivity index (χ1) is 8.10. The minimum absolute atomic E-state index is 0.00280. The second kappa shape index (κ2) is 6.44. The number of carbonyl (C=O) groups excluding carboxylic acids is 1. The number of nitrogens with two attached hydrogens (primary N) is 1. The van der Waals surface area contributed by atoms with Gasteiger partial charge in [0, 0.05) is 32.7 Å². The lowest BCUT2D eigenvalue weighted by Crippen LogP contribution is -2.56. The molecule has 1 unspecified atom stereocenters. The van der Waals surface area contributed by atoms with Gasteiger partial charge in [-0.2, -0.15) is 0 Å². The molecule has 1 heterocycles. The van der Waals surface area contributed by atoms with E-state index < -0.39 is 0 Å². The third-order valence-corrected chi connectivity index (χ3v) is 3.12. The zero-order valence-corrected chi connectivity index (χ0v) is 10.7. The van der Waals surface area contributed by atoms with Crippen LogP contribution in [0.5, 0.6) is 0 Å². The average Bonchev–Trinajstić information content (AvgIpc) is 2.30. The van der Waals surface area contributed by atoms with Crippen LogP contribution in [0, 0.1) is 5.41 Å². The van der Waals surface area contributed by atoms with Crippen LogP contribution in [0.1, 0.15) is 20.3 Å². The minimum Gasteiger partial charge on any atom is -0.386 e. The third kappa shape index (κ3) is 3.59. The summed E-state index contributed by atoms with van der Waals surface area (Å²) in [6.07, 6.45) is 0.844. The SMILES string of the molecule is CCNC(=O)N1CCN(C(CC)C(=N)N)CC1. The first-order valence-corrected chi connectivity index (χ1v) is 6.20. The van der Waals surface area contributed by atoms with E-state index in [1.165, 1.54) is 0 Å².